The van der Waals surface area contributed by atoms with E-state index in [9.17, 15) is 0 Å². The van der Waals surface area contributed by atoms with E-state index in [1.807, 2.05) is 36.4 Å². The molecule has 0 unspecified atom stereocenters. The molecule has 0 saturated carbocycles. The van der Waals surface area contributed by atoms with Crippen molar-refractivity contribution >= 4 is 0 Å². The van der Waals surface area contributed by atoms with Gasteiger partial charge >= 0.3 is 0 Å². The number of hydrogen-bond donors (Lipinski definition) is 0. The molecule has 1 nitrogen and oxygen atoms in total. The normalized spacial score (nSPS) is 10.3. The zero-order valence-corrected chi connectivity index (χ0v) is 14.3. The van der Waals surface area contributed by atoms with Crippen LogP contribution in [0, 0.1) is 11.3 Å². The minimum absolute atomic E-state index is 0.677. The first-order valence-electron chi connectivity index (χ1n) is 8.60. The van der Waals surface area contributed by atoms with Crippen molar-refractivity contribution in [3.05, 3.63) is 109 Å². The molecule has 0 atom stereocenters. The van der Waals surface area contributed by atoms with E-state index in [0.29, 0.717) is 5.56 Å². The van der Waals surface area contributed by atoms with E-state index in [1.54, 1.807) is 0 Å². The van der Waals surface area contributed by atoms with Gasteiger partial charge in [0.15, 0.2) is 0 Å². The fourth-order valence-electron chi connectivity index (χ4n) is 3.19. The van der Waals surface area contributed by atoms with E-state index in [0.717, 1.165) is 5.56 Å². The molecule has 122 valence electrons. The Morgan fingerprint density at radius 1 is 0.462 bits per heavy atom. The summed E-state index contributed by atoms with van der Waals surface area (Å²) in [5.41, 5.74) is 7.73. The van der Waals surface area contributed by atoms with E-state index >= 15 is 0 Å². The molecule has 0 N–H and O–H groups in total. The minimum Gasteiger partial charge on any atom is -0.192 e. The third kappa shape index (κ3) is 3.14. The van der Waals surface area contributed by atoms with Crippen molar-refractivity contribution in [2.24, 2.45) is 0 Å². The Bertz CT molecular complexity index is 1060. The Balaban J connectivity index is 1.89. The molecule has 0 aliphatic heterocycles. The highest BCUT2D eigenvalue weighted by atomic mass is 14.2. The van der Waals surface area contributed by atoms with Crippen LogP contribution in [0.4, 0.5) is 0 Å². The molecule has 4 aromatic carbocycles. The van der Waals surface area contributed by atoms with Crippen LogP contribution in [0.1, 0.15) is 5.56 Å². The van der Waals surface area contributed by atoms with Crippen molar-refractivity contribution in [1.29, 1.82) is 5.26 Å². The minimum atomic E-state index is 0.677. The molecule has 0 aromatic heterocycles. The monoisotopic (exact) mass is 331 g/mol. The Hall–Kier alpha value is -3.63. The van der Waals surface area contributed by atoms with Gasteiger partial charge in [-0.15, -0.1) is 0 Å². The van der Waals surface area contributed by atoms with Crippen LogP contribution in [0.3, 0.4) is 0 Å². The summed E-state index contributed by atoms with van der Waals surface area (Å²) in [5, 5.41) is 9.04. The second-order valence-electron chi connectivity index (χ2n) is 6.18. The van der Waals surface area contributed by atoms with Gasteiger partial charge in [-0.3, -0.25) is 0 Å². The Morgan fingerprint density at radius 3 is 1.62 bits per heavy atom. The number of nitriles is 1. The van der Waals surface area contributed by atoms with Gasteiger partial charge < -0.3 is 0 Å². The van der Waals surface area contributed by atoms with Gasteiger partial charge in [0.2, 0.25) is 0 Å². The molecule has 4 rings (SSSR count). The molecule has 0 saturated heterocycles. The summed E-state index contributed by atoms with van der Waals surface area (Å²) in [6, 6.07) is 37.4. The molecule has 26 heavy (non-hydrogen) atoms. The standard InChI is InChI=1S/C25H17N/c26-18-19-11-13-22(14-12-19)24-16-15-23(20-7-3-1-4-8-20)17-25(24)21-9-5-2-6-10-21/h1-17H. The third-order valence-corrected chi connectivity index (χ3v) is 4.54. The predicted molar refractivity (Wildman–Crippen MR) is 107 cm³/mol. The first kappa shape index (κ1) is 15.9. The molecule has 0 aliphatic carbocycles. The molecule has 0 bridgehead atoms. The zero-order chi connectivity index (χ0) is 17.8. The van der Waals surface area contributed by atoms with Crippen LogP contribution >= 0.6 is 0 Å². The van der Waals surface area contributed by atoms with Gasteiger partial charge in [-0.25, -0.2) is 0 Å². The molecule has 0 radical (unpaired) electrons. The number of benzene rings is 4. The quantitative estimate of drug-likeness (QED) is 0.417. The van der Waals surface area contributed by atoms with Gasteiger partial charge in [-0.2, -0.15) is 5.26 Å². The zero-order valence-electron chi connectivity index (χ0n) is 14.3. The maximum Gasteiger partial charge on any atom is 0.0991 e. The number of rotatable bonds is 3. The highest BCUT2D eigenvalue weighted by Gasteiger charge is 2.10. The van der Waals surface area contributed by atoms with E-state index in [4.69, 9.17) is 5.26 Å². The van der Waals surface area contributed by atoms with Gasteiger partial charge in [-0.1, -0.05) is 84.9 Å². The third-order valence-electron chi connectivity index (χ3n) is 4.54. The molecule has 4 aromatic rings. The molecule has 0 heterocycles. The highest BCUT2D eigenvalue weighted by Crippen LogP contribution is 2.35. The summed E-state index contributed by atoms with van der Waals surface area (Å²) in [6.45, 7) is 0. The molecule has 1 heteroatoms. The lowest BCUT2D eigenvalue weighted by atomic mass is 9.91. The lowest BCUT2D eigenvalue weighted by Crippen LogP contribution is -1.88. The second-order valence-corrected chi connectivity index (χ2v) is 6.18. The summed E-state index contributed by atoms with van der Waals surface area (Å²) in [7, 11) is 0. The van der Waals surface area contributed by atoms with E-state index in [1.165, 1.54) is 27.8 Å². The highest BCUT2D eigenvalue weighted by molar-refractivity contribution is 5.87. The van der Waals surface area contributed by atoms with Crippen LogP contribution in [-0.2, 0) is 0 Å². The van der Waals surface area contributed by atoms with Crippen molar-refractivity contribution in [2.75, 3.05) is 0 Å². The first-order valence-corrected chi connectivity index (χ1v) is 8.60. The lowest BCUT2D eigenvalue weighted by Gasteiger charge is -2.13. The molecule has 0 fully saturated rings. The summed E-state index contributed by atoms with van der Waals surface area (Å²) in [5.74, 6) is 0. The van der Waals surface area contributed by atoms with Crippen molar-refractivity contribution in [3.8, 4) is 39.4 Å². The number of hydrogen-bond acceptors (Lipinski definition) is 1. The molecule has 0 aliphatic rings. The fourth-order valence-corrected chi connectivity index (χ4v) is 3.19. The van der Waals surface area contributed by atoms with Crippen molar-refractivity contribution in [1.82, 2.24) is 0 Å². The van der Waals surface area contributed by atoms with Crippen LogP contribution in [0.25, 0.3) is 33.4 Å². The van der Waals surface area contributed by atoms with Gasteiger partial charge in [0.1, 0.15) is 0 Å². The maximum atomic E-state index is 9.04. The van der Waals surface area contributed by atoms with Gasteiger partial charge in [0.05, 0.1) is 11.6 Å². The summed E-state index contributed by atoms with van der Waals surface area (Å²) in [4.78, 5) is 0. The van der Waals surface area contributed by atoms with Crippen LogP contribution in [0.2, 0.25) is 0 Å². The van der Waals surface area contributed by atoms with E-state index < -0.39 is 0 Å². The smallest absolute Gasteiger partial charge is 0.0991 e. The predicted octanol–water partition coefficient (Wildman–Crippen LogP) is 6.56. The van der Waals surface area contributed by atoms with Gasteiger partial charge in [0, 0.05) is 0 Å². The van der Waals surface area contributed by atoms with Crippen molar-refractivity contribution in [2.45, 2.75) is 0 Å². The Morgan fingerprint density at radius 2 is 1.00 bits per heavy atom. The fraction of sp³-hybridized carbons (Fsp3) is 0. The molecule has 0 spiro atoms. The van der Waals surface area contributed by atoms with Crippen LogP contribution < -0.4 is 0 Å². The maximum absolute atomic E-state index is 9.04. The SMILES string of the molecule is N#Cc1ccc(-c2ccc(-c3ccccc3)cc2-c2ccccc2)cc1. The van der Waals surface area contributed by atoms with Crippen LogP contribution in [0.5, 0.6) is 0 Å². The second kappa shape index (κ2) is 7.09. The molecular formula is C25H17N. The van der Waals surface area contributed by atoms with E-state index in [2.05, 4.69) is 72.8 Å². The van der Waals surface area contributed by atoms with Crippen LogP contribution in [0.15, 0.2) is 103 Å². The van der Waals surface area contributed by atoms with E-state index in [-0.39, 0.29) is 0 Å². The van der Waals surface area contributed by atoms with Gasteiger partial charge in [-0.05, 0) is 51.6 Å². The summed E-state index contributed by atoms with van der Waals surface area (Å²) in [6.07, 6.45) is 0. The topological polar surface area (TPSA) is 23.8 Å². The average molecular weight is 331 g/mol. The average Bonchev–Trinajstić information content (AvgIpc) is 2.75. The lowest BCUT2D eigenvalue weighted by molar-refractivity contribution is 1.48. The Labute approximate surface area is 153 Å². The summed E-state index contributed by atoms with van der Waals surface area (Å²) >= 11 is 0. The number of nitrogens with zero attached hydrogens (tertiary/aromatic N) is 1. The Kier molecular flexibility index (Phi) is 4.33. The molecular weight excluding hydrogens is 314 g/mol. The van der Waals surface area contributed by atoms with Gasteiger partial charge in [0.25, 0.3) is 0 Å². The first-order chi connectivity index (χ1) is 12.8. The van der Waals surface area contributed by atoms with Crippen LogP contribution in [-0.4, -0.2) is 0 Å². The largest absolute Gasteiger partial charge is 0.192 e. The summed E-state index contributed by atoms with van der Waals surface area (Å²) < 4.78 is 0. The molecule has 0 amide bonds. The van der Waals surface area contributed by atoms with Crippen molar-refractivity contribution < 1.29 is 0 Å². The van der Waals surface area contributed by atoms with Crippen molar-refractivity contribution in [3.63, 3.8) is 0 Å².